The van der Waals surface area contributed by atoms with Crippen LogP contribution < -0.4 is 5.32 Å². The number of carbonyl (C=O) groups excluding carboxylic acids is 1. The van der Waals surface area contributed by atoms with Gasteiger partial charge in [0.2, 0.25) is 0 Å². The number of nitrogens with one attached hydrogen (secondary N) is 1. The predicted molar refractivity (Wildman–Crippen MR) is 162 cm³/mol. The van der Waals surface area contributed by atoms with E-state index in [1.54, 1.807) is 32.9 Å². The third-order valence-corrected chi connectivity index (χ3v) is 7.57. The van der Waals surface area contributed by atoms with Crippen LogP contribution in [-0.4, -0.2) is 34.6 Å². The fraction of sp³-hybridized carbons (Fsp3) is 0.212. The molecule has 2 N–H and O–H groups in total. The molecular weight excluding hydrogens is 541 g/mol. The molecule has 0 aliphatic heterocycles. The Balaban J connectivity index is 1.34. The average molecular weight is 572 g/mol. The number of carbonyl (C=O) groups is 2. The lowest BCUT2D eigenvalue weighted by Crippen LogP contribution is -2.44. The highest BCUT2D eigenvalue weighted by molar-refractivity contribution is 7.98. The number of halogens is 1. The van der Waals surface area contributed by atoms with Crippen molar-refractivity contribution in [2.75, 3.05) is 5.75 Å². The molecule has 1 atom stereocenters. The van der Waals surface area contributed by atoms with E-state index in [4.69, 9.17) is 9.15 Å². The Kier molecular flexibility index (Phi) is 8.03. The number of thioether (sulfide) groups is 1. The number of alkyl carbamates (subject to hydrolysis) is 1. The van der Waals surface area contributed by atoms with Crippen LogP contribution >= 0.6 is 11.8 Å². The van der Waals surface area contributed by atoms with Gasteiger partial charge in [-0.3, -0.25) is 0 Å². The molecule has 0 radical (unpaired) electrons. The Labute approximate surface area is 241 Å². The Morgan fingerprint density at radius 2 is 1.63 bits per heavy atom. The molecule has 4 aromatic carbocycles. The normalized spacial score (nSPS) is 12.4. The van der Waals surface area contributed by atoms with Crippen molar-refractivity contribution in [2.24, 2.45) is 0 Å². The molecule has 1 unspecified atom stereocenters. The van der Waals surface area contributed by atoms with Crippen molar-refractivity contribution in [1.29, 1.82) is 0 Å². The first-order chi connectivity index (χ1) is 19.6. The molecule has 0 aliphatic rings. The van der Waals surface area contributed by atoms with E-state index in [9.17, 15) is 19.1 Å². The van der Waals surface area contributed by atoms with Crippen LogP contribution in [0.4, 0.5) is 9.18 Å². The molecule has 1 aromatic heterocycles. The van der Waals surface area contributed by atoms with Gasteiger partial charge in [0.25, 0.3) is 0 Å². The second kappa shape index (κ2) is 11.7. The SMILES string of the molecule is CC(C)(C)OC(=O)NC(CSCc1cc(-c2cccc(-c3cccc4c3oc3ccccc34)c2)ccc1F)C(=O)O. The van der Waals surface area contributed by atoms with Gasteiger partial charge in [0.1, 0.15) is 28.6 Å². The number of aliphatic carboxylic acids is 1. The lowest BCUT2D eigenvalue weighted by atomic mass is 9.97. The summed E-state index contributed by atoms with van der Waals surface area (Å²) in [5, 5.41) is 14.0. The zero-order valence-corrected chi connectivity index (χ0v) is 23.8. The fourth-order valence-corrected chi connectivity index (χ4v) is 5.64. The van der Waals surface area contributed by atoms with Crippen LogP contribution in [0.5, 0.6) is 0 Å². The fourth-order valence-electron chi connectivity index (χ4n) is 4.62. The first-order valence-corrected chi connectivity index (χ1v) is 14.3. The molecule has 5 aromatic rings. The van der Waals surface area contributed by atoms with Crippen LogP contribution in [-0.2, 0) is 15.3 Å². The highest BCUT2D eigenvalue weighted by Gasteiger charge is 2.24. The summed E-state index contributed by atoms with van der Waals surface area (Å²) >= 11 is 1.22. The summed E-state index contributed by atoms with van der Waals surface area (Å²) in [6.07, 6.45) is -0.808. The molecule has 5 rings (SSSR count). The molecule has 0 saturated heterocycles. The predicted octanol–water partition coefficient (Wildman–Crippen LogP) is 8.27. The topological polar surface area (TPSA) is 88.8 Å². The van der Waals surface area contributed by atoms with Crippen molar-refractivity contribution in [1.82, 2.24) is 5.32 Å². The number of para-hydroxylation sites is 2. The maximum Gasteiger partial charge on any atom is 0.408 e. The molecule has 0 saturated carbocycles. The van der Waals surface area contributed by atoms with Crippen molar-refractivity contribution >= 4 is 45.8 Å². The van der Waals surface area contributed by atoms with E-state index in [0.29, 0.717) is 5.56 Å². The summed E-state index contributed by atoms with van der Waals surface area (Å²) in [5.41, 5.74) is 5.03. The molecule has 8 heteroatoms. The molecule has 0 spiro atoms. The largest absolute Gasteiger partial charge is 0.480 e. The zero-order chi connectivity index (χ0) is 29.1. The van der Waals surface area contributed by atoms with Crippen molar-refractivity contribution in [3.63, 3.8) is 0 Å². The number of carboxylic acids is 1. The van der Waals surface area contributed by atoms with E-state index in [2.05, 4.69) is 17.4 Å². The Morgan fingerprint density at radius 3 is 2.41 bits per heavy atom. The monoisotopic (exact) mass is 571 g/mol. The number of hydrogen-bond acceptors (Lipinski definition) is 5. The minimum Gasteiger partial charge on any atom is -0.480 e. The van der Waals surface area contributed by atoms with Gasteiger partial charge in [-0.05, 0) is 67.3 Å². The van der Waals surface area contributed by atoms with Gasteiger partial charge in [0.05, 0.1) is 0 Å². The van der Waals surface area contributed by atoms with Gasteiger partial charge in [-0.15, -0.1) is 0 Å². The Bertz CT molecular complexity index is 1740. The molecule has 0 fully saturated rings. The van der Waals surface area contributed by atoms with E-state index < -0.39 is 23.7 Å². The summed E-state index contributed by atoms with van der Waals surface area (Å²) in [7, 11) is 0. The summed E-state index contributed by atoms with van der Waals surface area (Å²) < 4.78 is 26.1. The maximum absolute atomic E-state index is 14.8. The Hall–Kier alpha value is -4.30. The second-order valence-corrected chi connectivity index (χ2v) is 11.7. The van der Waals surface area contributed by atoms with Crippen LogP contribution in [0.2, 0.25) is 0 Å². The van der Waals surface area contributed by atoms with E-state index in [0.717, 1.165) is 44.2 Å². The zero-order valence-electron chi connectivity index (χ0n) is 22.9. The first-order valence-electron chi connectivity index (χ1n) is 13.2. The van der Waals surface area contributed by atoms with Gasteiger partial charge >= 0.3 is 12.1 Å². The van der Waals surface area contributed by atoms with Crippen molar-refractivity contribution in [3.8, 4) is 22.3 Å². The third-order valence-electron chi connectivity index (χ3n) is 6.49. The number of furan rings is 1. The first kappa shape index (κ1) is 28.2. The maximum atomic E-state index is 14.8. The number of carboxylic acid groups (broad SMARTS) is 1. The van der Waals surface area contributed by atoms with Crippen LogP contribution in [0.25, 0.3) is 44.2 Å². The summed E-state index contributed by atoms with van der Waals surface area (Å²) in [4.78, 5) is 23.7. The number of rotatable bonds is 8. The number of amides is 1. The third kappa shape index (κ3) is 6.55. The molecule has 41 heavy (non-hydrogen) atoms. The lowest BCUT2D eigenvalue weighted by molar-refractivity contribution is -0.138. The Morgan fingerprint density at radius 1 is 0.927 bits per heavy atom. The molecule has 210 valence electrons. The summed E-state index contributed by atoms with van der Waals surface area (Å²) in [6.45, 7) is 5.09. The number of ether oxygens (including phenoxy) is 1. The van der Waals surface area contributed by atoms with Crippen LogP contribution in [0.1, 0.15) is 26.3 Å². The molecule has 1 amide bonds. The summed E-state index contributed by atoms with van der Waals surface area (Å²) in [5.74, 6) is -1.28. The quantitative estimate of drug-likeness (QED) is 0.195. The van der Waals surface area contributed by atoms with E-state index in [-0.39, 0.29) is 17.3 Å². The van der Waals surface area contributed by atoms with Gasteiger partial charge in [0, 0.05) is 27.8 Å². The van der Waals surface area contributed by atoms with Crippen LogP contribution in [0, 0.1) is 5.82 Å². The van der Waals surface area contributed by atoms with Gasteiger partial charge < -0.3 is 19.6 Å². The average Bonchev–Trinajstić information content (AvgIpc) is 3.31. The van der Waals surface area contributed by atoms with E-state index in [1.807, 2.05) is 54.6 Å². The van der Waals surface area contributed by atoms with Gasteiger partial charge in [0.15, 0.2) is 0 Å². The second-order valence-electron chi connectivity index (χ2n) is 10.7. The van der Waals surface area contributed by atoms with Gasteiger partial charge in [-0.25, -0.2) is 14.0 Å². The number of benzene rings is 4. The molecule has 6 nitrogen and oxygen atoms in total. The lowest BCUT2D eigenvalue weighted by Gasteiger charge is -2.21. The van der Waals surface area contributed by atoms with Crippen molar-refractivity contribution in [2.45, 2.75) is 38.2 Å². The van der Waals surface area contributed by atoms with E-state index >= 15 is 0 Å². The molecular formula is C33H30FNO5S. The number of hydrogen-bond donors (Lipinski definition) is 2. The standard InChI is InChI=1S/C33H30FNO5S/c1-33(2,3)40-32(38)35-28(31(36)37)19-41-18-23-17-21(14-15-27(23)34)20-8-6-9-22(16-20)24-11-7-12-26-25-10-4-5-13-29(25)39-30(24)26/h4-17,28H,18-19H2,1-3H3,(H,35,38)(H,36,37). The highest BCUT2D eigenvalue weighted by Crippen LogP contribution is 2.37. The van der Waals surface area contributed by atoms with Crippen LogP contribution in [0.3, 0.4) is 0 Å². The van der Waals surface area contributed by atoms with Crippen LogP contribution in [0.15, 0.2) is 89.3 Å². The molecule has 1 heterocycles. The van der Waals surface area contributed by atoms with Gasteiger partial charge in [-0.1, -0.05) is 60.7 Å². The van der Waals surface area contributed by atoms with Crippen molar-refractivity contribution < 1.29 is 28.2 Å². The van der Waals surface area contributed by atoms with E-state index in [1.165, 1.54) is 17.8 Å². The highest BCUT2D eigenvalue weighted by atomic mass is 32.2. The molecule has 0 bridgehead atoms. The minimum atomic E-state index is -1.19. The summed E-state index contributed by atoms with van der Waals surface area (Å²) in [6, 6.07) is 25.8. The molecule has 0 aliphatic carbocycles. The smallest absolute Gasteiger partial charge is 0.408 e. The minimum absolute atomic E-state index is 0.0508. The van der Waals surface area contributed by atoms with Crippen molar-refractivity contribution in [3.05, 3.63) is 96.3 Å². The van der Waals surface area contributed by atoms with Gasteiger partial charge in [-0.2, -0.15) is 11.8 Å². The number of fused-ring (bicyclic) bond motifs is 3.